The van der Waals surface area contributed by atoms with E-state index in [1.54, 1.807) is 30.3 Å². The average molecular weight is 423 g/mol. The van der Waals surface area contributed by atoms with Gasteiger partial charge in [0.25, 0.3) is 0 Å². The van der Waals surface area contributed by atoms with Gasteiger partial charge < -0.3 is 14.2 Å². The zero-order chi connectivity index (χ0) is 20.4. The summed E-state index contributed by atoms with van der Waals surface area (Å²) < 4.78 is 68.4. The van der Waals surface area contributed by atoms with E-state index < -0.39 is 16.6 Å². The number of rotatable bonds is 6. The lowest BCUT2D eigenvalue weighted by molar-refractivity contribution is -0.0498. The molecule has 0 saturated carbocycles. The molecule has 1 heterocycles. The van der Waals surface area contributed by atoms with Gasteiger partial charge in [-0.25, -0.2) is 13.1 Å². The Balaban J connectivity index is 1.50. The number of fused-ring (bicyclic) bond motifs is 2. The van der Waals surface area contributed by atoms with Crippen LogP contribution >= 0.6 is 0 Å². The van der Waals surface area contributed by atoms with Crippen LogP contribution in [-0.4, -0.2) is 28.2 Å². The molecule has 29 heavy (non-hydrogen) atoms. The maximum absolute atomic E-state index is 12.8. The molecule has 0 aromatic heterocycles. The zero-order valence-corrected chi connectivity index (χ0v) is 16.2. The van der Waals surface area contributed by atoms with E-state index >= 15 is 0 Å². The smallest absolute Gasteiger partial charge is 0.387 e. The summed E-state index contributed by atoms with van der Waals surface area (Å²) in [7, 11) is -3.72. The van der Waals surface area contributed by atoms with E-state index in [1.165, 1.54) is 12.1 Å². The van der Waals surface area contributed by atoms with E-state index in [0.29, 0.717) is 42.3 Å². The van der Waals surface area contributed by atoms with Crippen LogP contribution in [0.25, 0.3) is 6.08 Å². The van der Waals surface area contributed by atoms with Crippen LogP contribution in [0.2, 0.25) is 0 Å². The Hall–Kier alpha value is -2.65. The fraction of sp³-hybridized carbons (Fsp3) is 0.300. The number of halogens is 2. The molecular weight excluding hydrogens is 404 g/mol. The van der Waals surface area contributed by atoms with Crippen molar-refractivity contribution in [2.45, 2.75) is 26.0 Å². The highest BCUT2D eigenvalue weighted by Gasteiger charge is 2.23. The number of allylic oxidation sites excluding steroid dienone is 1. The third-order valence-electron chi connectivity index (χ3n) is 4.74. The van der Waals surface area contributed by atoms with Gasteiger partial charge in [0.05, 0.1) is 4.91 Å². The van der Waals surface area contributed by atoms with Crippen LogP contribution in [0, 0.1) is 0 Å². The van der Waals surface area contributed by atoms with Gasteiger partial charge in [0.15, 0.2) is 11.5 Å². The lowest BCUT2D eigenvalue weighted by Crippen LogP contribution is -2.26. The fourth-order valence-corrected chi connectivity index (χ4v) is 4.55. The molecular formula is C20H19F2NO5S. The summed E-state index contributed by atoms with van der Waals surface area (Å²) >= 11 is 0. The monoisotopic (exact) mass is 423 g/mol. The van der Waals surface area contributed by atoms with Gasteiger partial charge in [0.1, 0.15) is 19.0 Å². The zero-order valence-electron chi connectivity index (χ0n) is 15.4. The highest BCUT2D eigenvalue weighted by molar-refractivity contribution is 7.93. The van der Waals surface area contributed by atoms with Gasteiger partial charge >= 0.3 is 6.61 Å². The summed E-state index contributed by atoms with van der Waals surface area (Å²) in [4.78, 5) is 0.245. The molecule has 2 aromatic carbocycles. The largest absolute Gasteiger partial charge is 0.486 e. The van der Waals surface area contributed by atoms with Crippen LogP contribution in [0.3, 0.4) is 0 Å². The number of para-hydroxylation sites is 1. The number of benzene rings is 2. The summed E-state index contributed by atoms with van der Waals surface area (Å²) in [5, 5.41) is 0. The Morgan fingerprint density at radius 3 is 2.76 bits per heavy atom. The van der Waals surface area contributed by atoms with Crippen molar-refractivity contribution < 1.29 is 31.4 Å². The van der Waals surface area contributed by atoms with Crippen LogP contribution in [0.1, 0.15) is 23.1 Å². The second kappa shape index (κ2) is 8.00. The van der Waals surface area contributed by atoms with Gasteiger partial charge in [0.2, 0.25) is 10.0 Å². The fourth-order valence-electron chi connectivity index (χ4n) is 3.37. The third-order valence-corrected chi connectivity index (χ3v) is 6.28. The summed E-state index contributed by atoms with van der Waals surface area (Å²) in [6, 6.07) is 9.84. The van der Waals surface area contributed by atoms with E-state index in [9.17, 15) is 17.2 Å². The SMILES string of the molecule is O=S(=O)(NCc1cccc2c1OCCO2)C1=Cc2ccc(OC(F)F)cc2CC1. The number of hydrogen-bond acceptors (Lipinski definition) is 5. The molecule has 0 radical (unpaired) electrons. The van der Waals surface area contributed by atoms with E-state index in [1.807, 2.05) is 0 Å². The number of ether oxygens (including phenoxy) is 3. The Morgan fingerprint density at radius 2 is 1.93 bits per heavy atom. The van der Waals surface area contributed by atoms with Gasteiger partial charge in [-0.15, -0.1) is 0 Å². The topological polar surface area (TPSA) is 73.9 Å². The van der Waals surface area contributed by atoms with Crippen molar-refractivity contribution in [3.8, 4) is 17.2 Å². The molecule has 2 aromatic rings. The van der Waals surface area contributed by atoms with Crippen LogP contribution in [0.15, 0.2) is 41.3 Å². The Morgan fingerprint density at radius 1 is 1.10 bits per heavy atom. The molecule has 0 unspecified atom stereocenters. The first-order valence-corrected chi connectivity index (χ1v) is 10.6. The molecule has 0 spiro atoms. The standard InChI is InChI=1S/C20H19F2NO5S/c21-20(22)28-16-6-4-14-11-17(7-5-13(14)10-16)29(24,25)23-12-15-2-1-3-18-19(15)27-9-8-26-18/h1-4,6,10-11,20,23H,5,7-9,12H2. The summed E-state index contributed by atoms with van der Waals surface area (Å²) in [6.07, 6.45) is 2.25. The molecule has 9 heteroatoms. The molecule has 1 aliphatic carbocycles. The highest BCUT2D eigenvalue weighted by atomic mass is 32.2. The summed E-state index contributed by atoms with van der Waals surface area (Å²) in [6.45, 7) is -1.96. The first-order chi connectivity index (χ1) is 13.9. The van der Waals surface area contributed by atoms with Crippen molar-refractivity contribution in [3.05, 3.63) is 58.0 Å². The Bertz CT molecular complexity index is 1050. The number of sulfonamides is 1. The average Bonchev–Trinajstić information content (AvgIpc) is 2.71. The van der Waals surface area contributed by atoms with E-state index in [0.717, 1.165) is 5.56 Å². The Labute approximate surface area is 167 Å². The van der Waals surface area contributed by atoms with Crippen LogP contribution in [0.4, 0.5) is 8.78 Å². The van der Waals surface area contributed by atoms with Crippen LogP contribution < -0.4 is 18.9 Å². The predicted molar refractivity (Wildman–Crippen MR) is 103 cm³/mol. The van der Waals surface area contributed by atoms with E-state index in [-0.39, 0.29) is 23.6 Å². The van der Waals surface area contributed by atoms with Gasteiger partial charge in [0, 0.05) is 12.1 Å². The third kappa shape index (κ3) is 4.35. The maximum atomic E-state index is 12.8. The lowest BCUT2D eigenvalue weighted by Gasteiger charge is -2.22. The molecule has 6 nitrogen and oxygen atoms in total. The lowest BCUT2D eigenvalue weighted by atomic mass is 9.97. The minimum absolute atomic E-state index is 0.0626. The van der Waals surface area contributed by atoms with Gasteiger partial charge in [-0.3, -0.25) is 0 Å². The maximum Gasteiger partial charge on any atom is 0.387 e. The minimum Gasteiger partial charge on any atom is -0.486 e. The molecule has 0 amide bonds. The Kier molecular flexibility index (Phi) is 5.42. The summed E-state index contributed by atoms with van der Waals surface area (Å²) in [5.41, 5.74) is 2.13. The van der Waals surface area contributed by atoms with Gasteiger partial charge in [-0.05, 0) is 48.2 Å². The molecule has 4 rings (SSSR count). The van der Waals surface area contributed by atoms with Crippen LogP contribution in [0.5, 0.6) is 17.2 Å². The van der Waals surface area contributed by atoms with E-state index in [2.05, 4.69) is 9.46 Å². The quantitative estimate of drug-likeness (QED) is 0.770. The second-order valence-electron chi connectivity index (χ2n) is 6.62. The first kappa shape index (κ1) is 19.7. The predicted octanol–water partition coefficient (Wildman–Crippen LogP) is 3.47. The second-order valence-corrected chi connectivity index (χ2v) is 8.44. The molecule has 2 aliphatic rings. The molecule has 1 N–H and O–H groups in total. The van der Waals surface area contributed by atoms with Gasteiger partial charge in [-0.1, -0.05) is 18.2 Å². The molecule has 0 atom stereocenters. The van der Waals surface area contributed by atoms with Crippen molar-refractivity contribution in [1.82, 2.24) is 4.72 Å². The number of nitrogens with one attached hydrogen (secondary N) is 1. The molecule has 0 saturated heterocycles. The number of alkyl halides is 2. The number of aryl methyl sites for hydroxylation is 1. The van der Waals surface area contributed by atoms with E-state index in [4.69, 9.17) is 9.47 Å². The van der Waals surface area contributed by atoms with Crippen molar-refractivity contribution in [2.24, 2.45) is 0 Å². The van der Waals surface area contributed by atoms with Crippen molar-refractivity contribution in [3.63, 3.8) is 0 Å². The number of hydrogen-bond donors (Lipinski definition) is 1. The van der Waals surface area contributed by atoms with Crippen molar-refractivity contribution in [1.29, 1.82) is 0 Å². The normalized spacial score (nSPS) is 15.6. The highest BCUT2D eigenvalue weighted by Crippen LogP contribution is 2.34. The van der Waals surface area contributed by atoms with Crippen molar-refractivity contribution in [2.75, 3.05) is 13.2 Å². The van der Waals surface area contributed by atoms with Crippen LogP contribution in [-0.2, 0) is 23.0 Å². The molecule has 154 valence electrons. The van der Waals surface area contributed by atoms with Gasteiger partial charge in [-0.2, -0.15) is 8.78 Å². The molecule has 0 bridgehead atoms. The van der Waals surface area contributed by atoms with Crippen molar-refractivity contribution >= 4 is 16.1 Å². The molecule has 0 fully saturated rings. The minimum atomic E-state index is -3.72. The first-order valence-electron chi connectivity index (χ1n) is 9.08. The summed E-state index contributed by atoms with van der Waals surface area (Å²) in [5.74, 6) is 1.21. The molecule has 1 aliphatic heterocycles.